The van der Waals surface area contributed by atoms with Gasteiger partial charge in [0, 0.05) is 17.7 Å². The lowest BCUT2D eigenvalue weighted by molar-refractivity contribution is 0.231. The molecule has 0 amide bonds. The van der Waals surface area contributed by atoms with Crippen molar-refractivity contribution in [3.63, 3.8) is 0 Å². The number of aryl methyl sites for hydroxylation is 1. The Hall–Kier alpha value is -2.26. The number of benzene rings is 2. The maximum absolute atomic E-state index is 5.25. The van der Waals surface area contributed by atoms with E-state index in [2.05, 4.69) is 86.0 Å². The molecule has 4 rings (SSSR count). The number of hydrogen-bond donors (Lipinski definition) is 0. The molecule has 1 fully saturated rings. The summed E-state index contributed by atoms with van der Waals surface area (Å²) in [6.45, 7) is 9.47. The van der Waals surface area contributed by atoms with Gasteiger partial charge in [0.1, 0.15) is 10.7 Å². The van der Waals surface area contributed by atoms with Gasteiger partial charge in [0.05, 0.1) is 0 Å². The lowest BCUT2D eigenvalue weighted by Crippen LogP contribution is -2.20. The molecule has 0 aliphatic heterocycles. The topological polar surface area (TPSA) is 17.8 Å². The molecule has 0 radical (unpaired) electrons. The maximum atomic E-state index is 5.25. The molecule has 1 aliphatic rings. The Labute approximate surface area is 210 Å². The van der Waals surface area contributed by atoms with Gasteiger partial charge in [-0.15, -0.1) is 18.3 Å². The Morgan fingerprint density at radius 1 is 1.00 bits per heavy atom. The van der Waals surface area contributed by atoms with Crippen molar-refractivity contribution in [1.29, 1.82) is 0 Å². The van der Waals surface area contributed by atoms with E-state index in [0.717, 1.165) is 30.5 Å². The minimum absolute atomic E-state index is 0.724. The van der Waals surface area contributed by atoms with Crippen LogP contribution in [0.25, 0.3) is 22.4 Å². The molecule has 1 aliphatic carbocycles. The summed E-state index contributed by atoms with van der Waals surface area (Å²) in [5.41, 5.74) is 7.60. The van der Waals surface area contributed by atoms with Crippen molar-refractivity contribution >= 4 is 11.8 Å². The first-order valence-corrected chi connectivity index (χ1v) is 14.2. The minimum atomic E-state index is 0.724. The Morgan fingerprint density at radius 2 is 1.71 bits per heavy atom. The minimum Gasteiger partial charge on any atom is -0.258 e. The fourth-order valence-electron chi connectivity index (χ4n) is 5.42. The molecule has 34 heavy (non-hydrogen) atoms. The van der Waals surface area contributed by atoms with E-state index in [4.69, 9.17) is 5.10 Å². The average Bonchev–Trinajstić information content (AvgIpc) is 3.23. The second kappa shape index (κ2) is 11.9. The monoisotopic (exact) mass is 472 g/mol. The molecule has 0 atom stereocenters. The van der Waals surface area contributed by atoms with Crippen molar-refractivity contribution in [1.82, 2.24) is 9.78 Å². The van der Waals surface area contributed by atoms with E-state index in [9.17, 15) is 0 Å². The van der Waals surface area contributed by atoms with Crippen LogP contribution in [-0.4, -0.2) is 16.0 Å². The largest absolute Gasteiger partial charge is 0.258 e. The first-order valence-electron chi connectivity index (χ1n) is 13.0. The van der Waals surface area contributed by atoms with Gasteiger partial charge in [-0.1, -0.05) is 86.4 Å². The van der Waals surface area contributed by atoms with Gasteiger partial charge in [0.15, 0.2) is 0 Å². The fraction of sp³-hybridized carbons (Fsp3) is 0.452. The van der Waals surface area contributed by atoms with Crippen molar-refractivity contribution in [2.24, 2.45) is 11.8 Å². The summed E-state index contributed by atoms with van der Waals surface area (Å²) < 4.78 is 2.33. The molecular weight excluding hydrogens is 432 g/mol. The summed E-state index contributed by atoms with van der Waals surface area (Å²) in [6, 6.07) is 19.7. The van der Waals surface area contributed by atoms with E-state index in [1.165, 1.54) is 77.8 Å². The van der Waals surface area contributed by atoms with Crippen molar-refractivity contribution in [2.75, 3.05) is 6.26 Å². The van der Waals surface area contributed by atoms with Gasteiger partial charge in [0.25, 0.3) is 0 Å². The molecule has 1 heterocycles. The van der Waals surface area contributed by atoms with Crippen LogP contribution in [0.4, 0.5) is 0 Å². The van der Waals surface area contributed by atoms with Crippen molar-refractivity contribution in [3.05, 3.63) is 72.3 Å². The normalized spacial score (nSPS) is 18.2. The van der Waals surface area contributed by atoms with E-state index in [1.54, 1.807) is 0 Å². The smallest absolute Gasteiger partial charge is 0.102 e. The molecule has 2 nitrogen and oxygen atoms in total. The maximum Gasteiger partial charge on any atom is 0.102 e. The van der Waals surface area contributed by atoms with Crippen molar-refractivity contribution < 1.29 is 0 Å². The molecule has 0 bridgehead atoms. The zero-order chi connectivity index (χ0) is 23.9. The van der Waals surface area contributed by atoms with Crippen LogP contribution < -0.4 is 0 Å². The lowest BCUT2D eigenvalue weighted by Gasteiger charge is -2.29. The highest BCUT2D eigenvalue weighted by molar-refractivity contribution is 7.98. The highest BCUT2D eigenvalue weighted by Crippen LogP contribution is 2.41. The highest BCUT2D eigenvalue weighted by Gasteiger charge is 2.25. The number of nitrogens with zero attached hydrogens (tertiary/aromatic N) is 2. The van der Waals surface area contributed by atoms with Crippen molar-refractivity contribution in [3.8, 4) is 22.4 Å². The third-order valence-corrected chi connectivity index (χ3v) is 8.19. The molecule has 0 spiro atoms. The van der Waals surface area contributed by atoms with Crippen molar-refractivity contribution in [2.45, 2.75) is 76.8 Å². The molecule has 0 unspecified atom stereocenters. The average molecular weight is 473 g/mol. The summed E-state index contributed by atoms with van der Waals surface area (Å²) in [5, 5.41) is 6.55. The third kappa shape index (κ3) is 6.05. The van der Waals surface area contributed by atoms with Crippen LogP contribution in [0.15, 0.2) is 71.8 Å². The highest BCUT2D eigenvalue weighted by atomic mass is 32.2. The van der Waals surface area contributed by atoms with Crippen LogP contribution in [0.2, 0.25) is 0 Å². The Kier molecular flexibility index (Phi) is 8.72. The number of hydrogen-bond acceptors (Lipinski definition) is 2. The fourth-order valence-corrected chi connectivity index (χ4v) is 6.17. The second-order valence-corrected chi connectivity index (χ2v) is 10.9. The summed E-state index contributed by atoms with van der Waals surface area (Å²) in [7, 11) is 0. The zero-order valence-electron chi connectivity index (χ0n) is 21.2. The van der Waals surface area contributed by atoms with E-state index >= 15 is 0 Å². The van der Waals surface area contributed by atoms with Crippen LogP contribution in [0.3, 0.4) is 0 Å². The van der Waals surface area contributed by atoms with E-state index in [1.807, 2.05) is 11.8 Å². The van der Waals surface area contributed by atoms with E-state index in [-0.39, 0.29) is 0 Å². The van der Waals surface area contributed by atoms with Crippen LogP contribution in [0.5, 0.6) is 0 Å². The summed E-state index contributed by atoms with van der Waals surface area (Å²) in [4.78, 5) is 0. The van der Waals surface area contributed by atoms with Gasteiger partial charge < -0.3 is 0 Å². The first kappa shape index (κ1) is 24.9. The lowest BCUT2D eigenvalue weighted by atomic mass is 9.79. The number of aromatic nitrogens is 2. The Morgan fingerprint density at radius 3 is 2.38 bits per heavy atom. The summed E-state index contributed by atoms with van der Waals surface area (Å²) >= 11 is 1.84. The number of rotatable bonds is 10. The van der Waals surface area contributed by atoms with Gasteiger partial charge in [0.2, 0.25) is 0 Å². The molecule has 2 aromatic carbocycles. The van der Waals surface area contributed by atoms with Gasteiger partial charge in [-0.25, -0.2) is 0 Å². The van der Waals surface area contributed by atoms with Crippen LogP contribution in [-0.2, 0) is 13.0 Å². The Balaban J connectivity index is 1.58. The molecule has 180 valence electrons. The predicted molar refractivity (Wildman–Crippen MR) is 148 cm³/mol. The molecule has 3 heteroatoms. The van der Waals surface area contributed by atoms with Crippen LogP contribution in [0.1, 0.15) is 64.4 Å². The SMILES string of the molecule is C=C(C)CCCC1CCC(Cn2nc(-c3ccccc3)c(-c3cccc(CC)c3)c2SC)CC1. The van der Waals surface area contributed by atoms with Gasteiger partial charge in [-0.3, -0.25) is 4.68 Å². The molecule has 3 aromatic rings. The predicted octanol–water partition coefficient (Wildman–Crippen LogP) is 9.05. The second-order valence-electron chi connectivity index (χ2n) is 10.1. The zero-order valence-corrected chi connectivity index (χ0v) is 22.0. The van der Waals surface area contributed by atoms with E-state index < -0.39 is 0 Å². The van der Waals surface area contributed by atoms with E-state index in [0.29, 0.717) is 0 Å². The van der Waals surface area contributed by atoms with Crippen LogP contribution in [0, 0.1) is 11.8 Å². The molecule has 1 aromatic heterocycles. The summed E-state index contributed by atoms with van der Waals surface area (Å²) in [5.74, 6) is 1.63. The molecule has 0 saturated heterocycles. The van der Waals surface area contributed by atoms with Gasteiger partial charge in [-0.05, 0) is 68.2 Å². The van der Waals surface area contributed by atoms with Gasteiger partial charge in [-0.2, -0.15) is 5.10 Å². The summed E-state index contributed by atoms with van der Waals surface area (Å²) in [6.07, 6.45) is 12.5. The molecule has 0 N–H and O–H groups in total. The number of thioether (sulfide) groups is 1. The van der Waals surface area contributed by atoms with Crippen LogP contribution >= 0.6 is 11.8 Å². The molecule has 1 saturated carbocycles. The third-order valence-electron chi connectivity index (χ3n) is 7.38. The first-order chi connectivity index (χ1) is 16.6. The van der Waals surface area contributed by atoms with Gasteiger partial charge >= 0.3 is 0 Å². The quantitative estimate of drug-likeness (QED) is 0.216. The molecular formula is C31H40N2S. The number of allylic oxidation sites excluding steroid dienone is 1. The standard InChI is InChI=1S/C31H40N2S/c1-5-24-12-10-16-28(21-24)29-30(27-14-7-6-8-15-27)32-33(31(29)34-4)22-26-19-17-25(18-20-26)13-9-11-23(2)3/h6-8,10,12,14-16,21,25-26H,2,5,9,11,13,17-20,22H2,1,3-4H3. The Bertz CT molecular complexity index is 1070.